The van der Waals surface area contributed by atoms with Crippen LogP contribution in [0.1, 0.15) is 28.5 Å². The van der Waals surface area contributed by atoms with Crippen LogP contribution in [-0.2, 0) is 6.42 Å². The zero-order valence-electron chi connectivity index (χ0n) is 15.0. The van der Waals surface area contributed by atoms with Gasteiger partial charge in [-0.2, -0.15) is 0 Å². The van der Waals surface area contributed by atoms with Gasteiger partial charge in [0.25, 0.3) is 5.91 Å². The zero-order chi connectivity index (χ0) is 17.1. The lowest BCUT2D eigenvalue weighted by Crippen LogP contribution is -2.46. The number of H-pyrrole nitrogens is 1. The van der Waals surface area contributed by atoms with Crippen molar-refractivity contribution in [1.29, 1.82) is 0 Å². The van der Waals surface area contributed by atoms with Crippen molar-refractivity contribution in [2.45, 2.75) is 20.3 Å². The van der Waals surface area contributed by atoms with Gasteiger partial charge in [0.15, 0.2) is 0 Å². The SMILES string of the molecule is CCc1[nH]c2ccc(C(=O)NCCN3CCN(C)CC3)cc2c1C. The summed E-state index contributed by atoms with van der Waals surface area (Å²) in [4.78, 5) is 20.6. The van der Waals surface area contributed by atoms with Crippen LogP contribution in [0.5, 0.6) is 0 Å². The third-order valence-electron chi connectivity index (χ3n) is 5.09. The molecule has 1 aliphatic rings. The highest BCUT2D eigenvalue weighted by molar-refractivity contribution is 5.99. The Kier molecular flexibility index (Phi) is 5.21. The molecule has 1 aromatic carbocycles. The molecule has 5 nitrogen and oxygen atoms in total. The predicted octanol–water partition coefficient (Wildman–Crippen LogP) is 2.02. The molecule has 1 aliphatic heterocycles. The first kappa shape index (κ1) is 17.0. The molecule has 1 aromatic heterocycles. The molecule has 1 fully saturated rings. The maximum atomic E-state index is 12.4. The lowest BCUT2D eigenvalue weighted by molar-refractivity contribution is 0.0941. The molecule has 1 amide bonds. The van der Waals surface area contributed by atoms with Crippen molar-refractivity contribution in [3.05, 3.63) is 35.0 Å². The Labute approximate surface area is 144 Å². The van der Waals surface area contributed by atoms with E-state index in [0.717, 1.165) is 55.6 Å². The lowest BCUT2D eigenvalue weighted by Gasteiger charge is -2.32. The van der Waals surface area contributed by atoms with E-state index in [-0.39, 0.29) is 5.91 Å². The number of hydrogen-bond acceptors (Lipinski definition) is 3. The number of aromatic nitrogens is 1. The molecule has 3 rings (SSSR count). The topological polar surface area (TPSA) is 51.4 Å². The Morgan fingerprint density at radius 2 is 2.00 bits per heavy atom. The summed E-state index contributed by atoms with van der Waals surface area (Å²) >= 11 is 0. The summed E-state index contributed by atoms with van der Waals surface area (Å²) in [5, 5.41) is 4.21. The number of hydrogen-bond donors (Lipinski definition) is 2. The molecule has 0 spiro atoms. The van der Waals surface area contributed by atoms with Crippen LogP contribution in [0, 0.1) is 6.92 Å². The largest absolute Gasteiger partial charge is 0.358 e. The molecule has 0 saturated carbocycles. The van der Waals surface area contributed by atoms with Gasteiger partial charge in [-0.3, -0.25) is 9.69 Å². The van der Waals surface area contributed by atoms with Crippen LogP contribution in [0.2, 0.25) is 0 Å². The molecule has 1 saturated heterocycles. The van der Waals surface area contributed by atoms with Gasteiger partial charge in [-0.25, -0.2) is 0 Å². The second-order valence-electron chi connectivity index (χ2n) is 6.74. The van der Waals surface area contributed by atoms with Crippen LogP contribution in [0.3, 0.4) is 0 Å². The van der Waals surface area contributed by atoms with Crippen molar-refractivity contribution in [2.24, 2.45) is 0 Å². The maximum absolute atomic E-state index is 12.4. The zero-order valence-corrected chi connectivity index (χ0v) is 15.0. The fourth-order valence-electron chi connectivity index (χ4n) is 3.38. The number of benzene rings is 1. The molecule has 0 bridgehead atoms. The summed E-state index contributed by atoms with van der Waals surface area (Å²) in [5.74, 6) is 0.0182. The highest BCUT2D eigenvalue weighted by atomic mass is 16.1. The number of fused-ring (bicyclic) bond motifs is 1. The van der Waals surface area contributed by atoms with Gasteiger partial charge in [-0.15, -0.1) is 0 Å². The Morgan fingerprint density at radius 1 is 1.25 bits per heavy atom. The fourth-order valence-corrected chi connectivity index (χ4v) is 3.38. The van der Waals surface area contributed by atoms with Crippen molar-refractivity contribution in [3.63, 3.8) is 0 Å². The summed E-state index contributed by atoms with van der Waals surface area (Å²) in [5.41, 5.74) is 4.35. The van der Waals surface area contributed by atoms with E-state index in [0.29, 0.717) is 6.54 Å². The normalized spacial score (nSPS) is 16.6. The standard InChI is InChI=1S/C19H28N4O/c1-4-17-14(2)16-13-15(5-6-18(16)21-17)19(24)20-7-8-23-11-9-22(3)10-12-23/h5-6,13,21H,4,7-12H2,1-3H3,(H,20,24). The number of amides is 1. The monoisotopic (exact) mass is 328 g/mol. The molecule has 0 atom stereocenters. The summed E-state index contributed by atoms with van der Waals surface area (Å²) in [6, 6.07) is 5.92. The number of nitrogens with zero attached hydrogens (tertiary/aromatic N) is 2. The van der Waals surface area contributed by atoms with Crippen molar-refractivity contribution in [3.8, 4) is 0 Å². The second kappa shape index (κ2) is 7.36. The average molecular weight is 328 g/mol. The van der Waals surface area contributed by atoms with Gasteiger partial charge < -0.3 is 15.2 Å². The molecule has 2 aromatic rings. The van der Waals surface area contributed by atoms with Gasteiger partial charge >= 0.3 is 0 Å². The van der Waals surface area contributed by atoms with Crippen LogP contribution >= 0.6 is 0 Å². The van der Waals surface area contributed by atoms with E-state index < -0.39 is 0 Å². The first-order chi connectivity index (χ1) is 11.6. The highest BCUT2D eigenvalue weighted by Gasteiger charge is 2.14. The number of carbonyl (C=O) groups is 1. The summed E-state index contributed by atoms with van der Waals surface area (Å²) in [7, 11) is 2.15. The number of likely N-dealkylation sites (N-methyl/N-ethyl adjacent to an activating group) is 1. The van der Waals surface area contributed by atoms with Crippen LogP contribution < -0.4 is 5.32 Å². The van der Waals surface area contributed by atoms with Crippen molar-refractivity contribution >= 4 is 16.8 Å². The van der Waals surface area contributed by atoms with E-state index in [9.17, 15) is 4.79 Å². The number of aromatic amines is 1. The molecule has 0 radical (unpaired) electrons. The molecule has 130 valence electrons. The summed E-state index contributed by atoms with van der Waals surface area (Å²) < 4.78 is 0. The summed E-state index contributed by atoms with van der Waals surface area (Å²) in [6.45, 7) is 10.3. The maximum Gasteiger partial charge on any atom is 0.251 e. The van der Waals surface area contributed by atoms with E-state index in [1.807, 2.05) is 18.2 Å². The minimum absolute atomic E-state index is 0.0182. The van der Waals surface area contributed by atoms with Gasteiger partial charge in [0, 0.05) is 61.4 Å². The van der Waals surface area contributed by atoms with Crippen LogP contribution in [0.4, 0.5) is 0 Å². The smallest absolute Gasteiger partial charge is 0.251 e. The van der Waals surface area contributed by atoms with Gasteiger partial charge in [-0.05, 0) is 44.2 Å². The van der Waals surface area contributed by atoms with Gasteiger partial charge in [0.2, 0.25) is 0 Å². The van der Waals surface area contributed by atoms with Crippen molar-refractivity contribution in [2.75, 3.05) is 46.3 Å². The molecule has 2 N–H and O–H groups in total. The van der Waals surface area contributed by atoms with E-state index in [2.05, 4.69) is 41.0 Å². The molecule has 0 unspecified atom stereocenters. The molecule has 5 heteroatoms. The second-order valence-corrected chi connectivity index (χ2v) is 6.74. The van der Waals surface area contributed by atoms with Crippen molar-refractivity contribution in [1.82, 2.24) is 20.1 Å². The first-order valence-corrected chi connectivity index (χ1v) is 8.88. The number of carbonyl (C=O) groups excluding carboxylic acids is 1. The van der Waals surface area contributed by atoms with E-state index in [4.69, 9.17) is 0 Å². The number of aryl methyl sites for hydroxylation is 2. The van der Waals surface area contributed by atoms with Crippen LogP contribution in [0.15, 0.2) is 18.2 Å². The van der Waals surface area contributed by atoms with E-state index in [1.54, 1.807) is 0 Å². The Hall–Kier alpha value is -1.85. The quantitative estimate of drug-likeness (QED) is 0.883. The van der Waals surface area contributed by atoms with Crippen LogP contribution in [-0.4, -0.2) is 67.0 Å². The first-order valence-electron chi connectivity index (χ1n) is 8.88. The van der Waals surface area contributed by atoms with E-state index >= 15 is 0 Å². The predicted molar refractivity (Wildman–Crippen MR) is 98.7 cm³/mol. The molecule has 2 heterocycles. The van der Waals surface area contributed by atoms with Gasteiger partial charge in [0.05, 0.1) is 0 Å². The van der Waals surface area contributed by atoms with Crippen LogP contribution in [0.25, 0.3) is 10.9 Å². The minimum atomic E-state index is 0.0182. The number of nitrogens with one attached hydrogen (secondary N) is 2. The fraction of sp³-hybridized carbons (Fsp3) is 0.526. The third-order valence-corrected chi connectivity index (χ3v) is 5.09. The van der Waals surface area contributed by atoms with Gasteiger partial charge in [-0.1, -0.05) is 6.92 Å². The summed E-state index contributed by atoms with van der Waals surface area (Å²) in [6.07, 6.45) is 0.979. The average Bonchev–Trinajstić information content (AvgIpc) is 2.92. The molecule has 0 aliphatic carbocycles. The third kappa shape index (κ3) is 3.62. The van der Waals surface area contributed by atoms with Crippen molar-refractivity contribution < 1.29 is 4.79 Å². The molecule has 24 heavy (non-hydrogen) atoms. The number of rotatable bonds is 5. The Balaban J connectivity index is 1.58. The highest BCUT2D eigenvalue weighted by Crippen LogP contribution is 2.23. The van der Waals surface area contributed by atoms with E-state index in [1.165, 1.54) is 11.3 Å². The number of piperazine rings is 1. The Morgan fingerprint density at radius 3 is 2.71 bits per heavy atom. The van der Waals surface area contributed by atoms with Gasteiger partial charge in [0.1, 0.15) is 0 Å². The minimum Gasteiger partial charge on any atom is -0.358 e. The lowest BCUT2D eigenvalue weighted by atomic mass is 10.1. The Bertz CT molecular complexity index is 713. The molecular weight excluding hydrogens is 300 g/mol. The molecular formula is C19H28N4O.